The first-order chi connectivity index (χ1) is 14.5. The van der Waals surface area contributed by atoms with Crippen LogP contribution in [0, 0.1) is 5.82 Å². The Morgan fingerprint density at radius 1 is 0.967 bits per heavy atom. The van der Waals surface area contributed by atoms with Gasteiger partial charge in [0, 0.05) is 5.56 Å². The molecule has 0 aromatic heterocycles. The fourth-order valence-electron chi connectivity index (χ4n) is 3.74. The molecule has 0 saturated carbocycles. The molecule has 0 N–H and O–H groups in total. The number of benzene rings is 3. The number of ether oxygens (including phenoxy) is 1. The summed E-state index contributed by atoms with van der Waals surface area (Å²) < 4.78 is 18.1. The molecule has 4 rings (SSSR count). The van der Waals surface area contributed by atoms with Crippen molar-refractivity contribution in [2.24, 2.45) is 0 Å². The first kappa shape index (κ1) is 19.6. The van der Waals surface area contributed by atoms with Crippen molar-refractivity contribution in [3.63, 3.8) is 0 Å². The number of amides is 1. The van der Waals surface area contributed by atoms with Crippen LogP contribution in [0.25, 0.3) is 11.1 Å². The second-order valence-electron chi connectivity index (χ2n) is 7.11. The standard InChI is InChI=1S/C25H20FNO3/c1-16(18-10-12-20(26)13-11-18)23-21-8-3-4-9-22(21)27(24(23)28)15-17-6-5-7-19(14-17)25(29)30-2/h3-14H,15H2,1-2H3/b23-16+. The molecule has 1 aliphatic heterocycles. The number of carbonyl (C=O) groups excluding carboxylic acids is 2. The van der Waals surface area contributed by atoms with Gasteiger partial charge in [-0.3, -0.25) is 4.79 Å². The summed E-state index contributed by atoms with van der Waals surface area (Å²) >= 11 is 0. The van der Waals surface area contributed by atoms with Crippen molar-refractivity contribution in [3.8, 4) is 0 Å². The van der Waals surface area contributed by atoms with Crippen molar-refractivity contribution in [2.45, 2.75) is 13.5 Å². The average molecular weight is 401 g/mol. The van der Waals surface area contributed by atoms with Crippen LogP contribution in [0.1, 0.15) is 34.0 Å². The predicted molar refractivity (Wildman–Crippen MR) is 114 cm³/mol. The number of carbonyl (C=O) groups is 2. The van der Waals surface area contributed by atoms with Gasteiger partial charge in [0.15, 0.2) is 0 Å². The van der Waals surface area contributed by atoms with Crippen molar-refractivity contribution in [3.05, 3.63) is 101 Å². The van der Waals surface area contributed by atoms with Crippen LogP contribution < -0.4 is 4.90 Å². The largest absolute Gasteiger partial charge is 0.465 e. The Bertz CT molecular complexity index is 1170. The van der Waals surface area contributed by atoms with E-state index in [0.29, 0.717) is 17.7 Å². The third-order valence-electron chi connectivity index (χ3n) is 5.26. The fraction of sp³-hybridized carbons (Fsp3) is 0.120. The summed E-state index contributed by atoms with van der Waals surface area (Å²) in [4.78, 5) is 27.0. The van der Waals surface area contributed by atoms with E-state index in [4.69, 9.17) is 4.74 Å². The van der Waals surface area contributed by atoms with Gasteiger partial charge in [0.2, 0.25) is 0 Å². The maximum atomic E-state index is 13.4. The van der Waals surface area contributed by atoms with Gasteiger partial charge >= 0.3 is 5.97 Å². The van der Waals surface area contributed by atoms with Crippen molar-refractivity contribution >= 4 is 28.7 Å². The van der Waals surface area contributed by atoms with E-state index < -0.39 is 5.97 Å². The molecule has 1 heterocycles. The molecule has 0 bridgehead atoms. The fourth-order valence-corrected chi connectivity index (χ4v) is 3.74. The number of nitrogens with zero attached hydrogens (tertiary/aromatic N) is 1. The Kier molecular flexibility index (Phi) is 5.19. The molecule has 30 heavy (non-hydrogen) atoms. The molecular formula is C25H20FNO3. The summed E-state index contributed by atoms with van der Waals surface area (Å²) in [6, 6.07) is 20.8. The Balaban J connectivity index is 1.75. The highest BCUT2D eigenvalue weighted by Gasteiger charge is 2.33. The normalized spacial score (nSPS) is 14.5. The molecule has 150 valence electrons. The topological polar surface area (TPSA) is 46.6 Å². The molecule has 4 nitrogen and oxygen atoms in total. The molecule has 0 spiro atoms. The number of allylic oxidation sites excluding steroid dienone is 1. The highest BCUT2D eigenvalue weighted by atomic mass is 19.1. The Hall–Kier alpha value is -3.73. The number of hydrogen-bond acceptors (Lipinski definition) is 3. The maximum Gasteiger partial charge on any atom is 0.337 e. The van der Waals surface area contributed by atoms with Crippen molar-refractivity contribution in [1.82, 2.24) is 0 Å². The minimum absolute atomic E-state index is 0.124. The zero-order valence-electron chi connectivity index (χ0n) is 16.7. The van der Waals surface area contributed by atoms with Crippen LogP contribution >= 0.6 is 0 Å². The smallest absolute Gasteiger partial charge is 0.337 e. The van der Waals surface area contributed by atoms with E-state index in [0.717, 1.165) is 28.0 Å². The van der Waals surface area contributed by atoms with Gasteiger partial charge in [0.05, 0.1) is 30.5 Å². The SMILES string of the molecule is COC(=O)c1cccc(CN2C(=O)/C(=C(\C)c3ccc(F)cc3)c3ccccc32)c1. The van der Waals surface area contributed by atoms with Gasteiger partial charge in [0.25, 0.3) is 5.91 Å². The van der Waals surface area contributed by atoms with Gasteiger partial charge in [-0.2, -0.15) is 0 Å². The maximum absolute atomic E-state index is 13.4. The number of hydrogen-bond donors (Lipinski definition) is 0. The number of para-hydroxylation sites is 1. The predicted octanol–water partition coefficient (Wildman–Crippen LogP) is 5.09. The lowest BCUT2D eigenvalue weighted by molar-refractivity contribution is -0.113. The van der Waals surface area contributed by atoms with E-state index in [1.165, 1.54) is 19.2 Å². The van der Waals surface area contributed by atoms with Gasteiger partial charge < -0.3 is 9.64 Å². The zero-order valence-corrected chi connectivity index (χ0v) is 16.7. The average Bonchev–Trinajstić information content (AvgIpc) is 3.05. The number of fused-ring (bicyclic) bond motifs is 1. The summed E-state index contributed by atoms with van der Waals surface area (Å²) in [6.07, 6.45) is 0. The lowest BCUT2D eigenvalue weighted by Crippen LogP contribution is -2.26. The highest BCUT2D eigenvalue weighted by molar-refractivity contribution is 6.37. The Labute approximate surface area is 174 Å². The summed E-state index contributed by atoms with van der Waals surface area (Å²) in [7, 11) is 1.34. The molecule has 0 fully saturated rings. The van der Waals surface area contributed by atoms with Crippen LogP contribution in [0.5, 0.6) is 0 Å². The minimum Gasteiger partial charge on any atom is -0.465 e. The second-order valence-corrected chi connectivity index (χ2v) is 7.11. The number of halogens is 1. The third kappa shape index (κ3) is 3.50. The highest BCUT2D eigenvalue weighted by Crippen LogP contribution is 2.41. The number of anilines is 1. The molecular weight excluding hydrogens is 381 g/mol. The van der Waals surface area contributed by atoms with Crippen LogP contribution in [-0.2, 0) is 16.1 Å². The van der Waals surface area contributed by atoms with Gasteiger partial charge in [-0.25, -0.2) is 9.18 Å². The lowest BCUT2D eigenvalue weighted by Gasteiger charge is -2.18. The van der Waals surface area contributed by atoms with Crippen molar-refractivity contribution in [1.29, 1.82) is 0 Å². The zero-order chi connectivity index (χ0) is 21.3. The Morgan fingerprint density at radius 3 is 2.43 bits per heavy atom. The van der Waals surface area contributed by atoms with E-state index in [1.54, 1.807) is 35.2 Å². The molecule has 3 aromatic carbocycles. The quantitative estimate of drug-likeness (QED) is 0.452. The number of methoxy groups -OCH3 is 1. The van der Waals surface area contributed by atoms with E-state index in [-0.39, 0.29) is 11.7 Å². The summed E-state index contributed by atoms with van der Waals surface area (Å²) in [5, 5.41) is 0. The van der Waals surface area contributed by atoms with E-state index in [1.807, 2.05) is 37.3 Å². The molecule has 1 amide bonds. The summed E-state index contributed by atoms with van der Waals surface area (Å²) in [5.74, 6) is -0.860. The number of rotatable bonds is 4. The van der Waals surface area contributed by atoms with Crippen LogP contribution in [0.15, 0.2) is 72.8 Å². The van der Waals surface area contributed by atoms with E-state index in [9.17, 15) is 14.0 Å². The second kappa shape index (κ2) is 7.95. The van der Waals surface area contributed by atoms with E-state index in [2.05, 4.69) is 0 Å². The molecule has 1 aliphatic rings. The minimum atomic E-state index is -0.419. The van der Waals surface area contributed by atoms with Gasteiger partial charge in [-0.05, 0) is 54.0 Å². The first-order valence-electron chi connectivity index (χ1n) is 9.55. The molecule has 0 unspecified atom stereocenters. The lowest BCUT2D eigenvalue weighted by atomic mass is 9.97. The summed E-state index contributed by atoms with van der Waals surface area (Å²) in [5.41, 5.74) is 5.09. The third-order valence-corrected chi connectivity index (χ3v) is 5.26. The molecule has 0 atom stereocenters. The molecule has 3 aromatic rings. The van der Waals surface area contributed by atoms with Crippen molar-refractivity contribution in [2.75, 3.05) is 12.0 Å². The van der Waals surface area contributed by atoms with Crippen LogP contribution in [0.4, 0.5) is 10.1 Å². The first-order valence-corrected chi connectivity index (χ1v) is 9.55. The van der Waals surface area contributed by atoms with Crippen LogP contribution in [0.2, 0.25) is 0 Å². The monoisotopic (exact) mass is 401 g/mol. The van der Waals surface area contributed by atoms with Crippen LogP contribution in [0.3, 0.4) is 0 Å². The van der Waals surface area contributed by atoms with Gasteiger partial charge in [-0.15, -0.1) is 0 Å². The summed E-state index contributed by atoms with van der Waals surface area (Å²) in [6.45, 7) is 2.19. The molecule has 0 radical (unpaired) electrons. The van der Waals surface area contributed by atoms with Gasteiger partial charge in [0.1, 0.15) is 5.82 Å². The van der Waals surface area contributed by atoms with Crippen LogP contribution in [-0.4, -0.2) is 19.0 Å². The van der Waals surface area contributed by atoms with Gasteiger partial charge in [-0.1, -0.05) is 42.5 Å². The number of esters is 1. The molecule has 5 heteroatoms. The molecule has 0 saturated heterocycles. The van der Waals surface area contributed by atoms with E-state index >= 15 is 0 Å². The Morgan fingerprint density at radius 2 is 1.70 bits per heavy atom. The molecule has 0 aliphatic carbocycles. The van der Waals surface area contributed by atoms with Crippen molar-refractivity contribution < 1.29 is 18.7 Å².